The van der Waals surface area contributed by atoms with E-state index in [-0.39, 0.29) is 12.5 Å². The Kier molecular flexibility index (Phi) is 5.59. The molecule has 0 bridgehead atoms. The van der Waals surface area contributed by atoms with Crippen molar-refractivity contribution in [2.45, 2.75) is 13.8 Å². The molecule has 0 aliphatic rings. The maximum Gasteiger partial charge on any atom is 0.257 e. The van der Waals surface area contributed by atoms with Crippen molar-refractivity contribution in [1.82, 2.24) is 5.32 Å². The quantitative estimate of drug-likeness (QED) is 0.897. The second kappa shape index (κ2) is 6.72. The van der Waals surface area contributed by atoms with Crippen LogP contribution in [-0.4, -0.2) is 19.1 Å². The lowest BCUT2D eigenvalue weighted by atomic mass is 10.2. The first kappa shape index (κ1) is 14.1. The van der Waals surface area contributed by atoms with E-state index in [0.717, 1.165) is 0 Å². The molecule has 0 aliphatic heterocycles. The molecule has 1 amide bonds. The fourth-order valence-corrected chi connectivity index (χ4v) is 1.64. The van der Waals surface area contributed by atoms with Gasteiger partial charge in [0.25, 0.3) is 5.91 Å². The number of nitrogens with one attached hydrogen (secondary N) is 1. The first-order valence-corrected chi connectivity index (χ1v) is 6.08. The highest BCUT2D eigenvalue weighted by molar-refractivity contribution is 6.34. The van der Waals surface area contributed by atoms with Crippen molar-refractivity contribution in [1.29, 1.82) is 0 Å². The Morgan fingerprint density at radius 2 is 1.88 bits per heavy atom. The van der Waals surface area contributed by atoms with Gasteiger partial charge in [-0.05, 0) is 24.1 Å². The SMILES string of the molecule is CC(C)CNC(=O)COc1cc(Cl)cc(Cl)c1. The van der Waals surface area contributed by atoms with Gasteiger partial charge in [-0.2, -0.15) is 0 Å². The monoisotopic (exact) mass is 275 g/mol. The van der Waals surface area contributed by atoms with Crippen molar-refractivity contribution >= 4 is 29.1 Å². The van der Waals surface area contributed by atoms with Gasteiger partial charge < -0.3 is 10.1 Å². The van der Waals surface area contributed by atoms with E-state index in [0.29, 0.717) is 28.3 Å². The number of carbonyl (C=O) groups excluding carboxylic acids is 1. The Bertz CT molecular complexity index is 374. The van der Waals surface area contributed by atoms with Crippen LogP contribution in [0.25, 0.3) is 0 Å². The van der Waals surface area contributed by atoms with Gasteiger partial charge in [-0.1, -0.05) is 37.0 Å². The Morgan fingerprint density at radius 3 is 2.41 bits per heavy atom. The molecule has 0 heterocycles. The summed E-state index contributed by atoms with van der Waals surface area (Å²) in [6, 6.07) is 4.83. The summed E-state index contributed by atoms with van der Waals surface area (Å²) in [5, 5.41) is 3.71. The Balaban J connectivity index is 2.42. The molecule has 1 N–H and O–H groups in total. The van der Waals surface area contributed by atoms with E-state index < -0.39 is 0 Å². The van der Waals surface area contributed by atoms with Crippen LogP contribution in [0.1, 0.15) is 13.8 Å². The number of carbonyl (C=O) groups is 1. The third-order valence-electron chi connectivity index (χ3n) is 1.91. The van der Waals surface area contributed by atoms with Gasteiger partial charge in [0.15, 0.2) is 6.61 Å². The van der Waals surface area contributed by atoms with Crippen LogP contribution in [0.4, 0.5) is 0 Å². The highest BCUT2D eigenvalue weighted by Crippen LogP contribution is 2.23. The second-order valence-electron chi connectivity index (χ2n) is 4.09. The zero-order valence-corrected chi connectivity index (χ0v) is 11.3. The molecule has 0 spiro atoms. The first-order valence-electron chi connectivity index (χ1n) is 5.33. The van der Waals surface area contributed by atoms with E-state index in [2.05, 4.69) is 5.32 Å². The van der Waals surface area contributed by atoms with E-state index in [1.54, 1.807) is 18.2 Å². The van der Waals surface area contributed by atoms with Crippen LogP contribution >= 0.6 is 23.2 Å². The molecule has 1 aromatic rings. The molecule has 0 radical (unpaired) electrons. The Morgan fingerprint density at radius 1 is 1.29 bits per heavy atom. The van der Waals surface area contributed by atoms with Crippen molar-refractivity contribution in [3.63, 3.8) is 0 Å². The topological polar surface area (TPSA) is 38.3 Å². The lowest BCUT2D eigenvalue weighted by Crippen LogP contribution is -2.31. The van der Waals surface area contributed by atoms with Crippen LogP contribution in [0, 0.1) is 5.92 Å². The van der Waals surface area contributed by atoms with Gasteiger partial charge in [-0.15, -0.1) is 0 Å². The molecule has 0 unspecified atom stereocenters. The van der Waals surface area contributed by atoms with Crippen LogP contribution in [0.2, 0.25) is 10.0 Å². The van der Waals surface area contributed by atoms with Gasteiger partial charge >= 0.3 is 0 Å². The average Bonchev–Trinajstić information content (AvgIpc) is 2.22. The summed E-state index contributed by atoms with van der Waals surface area (Å²) in [6.07, 6.45) is 0. The smallest absolute Gasteiger partial charge is 0.257 e. The van der Waals surface area contributed by atoms with Gasteiger partial charge in [0.1, 0.15) is 5.75 Å². The summed E-state index contributed by atoms with van der Waals surface area (Å²) in [5.41, 5.74) is 0. The van der Waals surface area contributed by atoms with E-state index in [9.17, 15) is 4.79 Å². The number of halogens is 2. The summed E-state index contributed by atoms with van der Waals surface area (Å²) in [4.78, 5) is 11.4. The predicted molar refractivity (Wildman–Crippen MR) is 69.8 cm³/mol. The molecule has 94 valence electrons. The molecule has 0 aromatic heterocycles. The number of ether oxygens (including phenoxy) is 1. The highest BCUT2D eigenvalue weighted by atomic mass is 35.5. The second-order valence-corrected chi connectivity index (χ2v) is 4.96. The van der Waals surface area contributed by atoms with Crippen molar-refractivity contribution < 1.29 is 9.53 Å². The lowest BCUT2D eigenvalue weighted by Gasteiger charge is -2.09. The van der Waals surface area contributed by atoms with E-state index in [4.69, 9.17) is 27.9 Å². The van der Waals surface area contributed by atoms with Crippen molar-refractivity contribution in [2.75, 3.05) is 13.2 Å². The molecule has 17 heavy (non-hydrogen) atoms. The maximum atomic E-state index is 11.4. The molecule has 0 fully saturated rings. The molecule has 0 atom stereocenters. The third-order valence-corrected chi connectivity index (χ3v) is 2.35. The number of hydrogen-bond acceptors (Lipinski definition) is 2. The van der Waals surface area contributed by atoms with Crippen molar-refractivity contribution in [3.05, 3.63) is 28.2 Å². The normalized spacial score (nSPS) is 10.4. The minimum Gasteiger partial charge on any atom is -0.484 e. The fourth-order valence-electron chi connectivity index (χ4n) is 1.13. The van der Waals surface area contributed by atoms with Gasteiger partial charge in [0, 0.05) is 16.6 Å². The standard InChI is InChI=1S/C12H15Cl2NO2/c1-8(2)6-15-12(16)7-17-11-4-9(13)3-10(14)5-11/h3-5,8H,6-7H2,1-2H3,(H,15,16). The average molecular weight is 276 g/mol. The molecule has 3 nitrogen and oxygen atoms in total. The first-order chi connectivity index (χ1) is 7.97. The number of rotatable bonds is 5. The molecule has 5 heteroatoms. The predicted octanol–water partition coefficient (Wildman–Crippen LogP) is 3.14. The van der Waals surface area contributed by atoms with Gasteiger partial charge in [0.05, 0.1) is 0 Å². The molecular formula is C12H15Cl2NO2. The third kappa shape index (κ3) is 5.80. The van der Waals surface area contributed by atoms with E-state index in [1.807, 2.05) is 13.8 Å². The summed E-state index contributed by atoms with van der Waals surface area (Å²) in [5.74, 6) is 0.747. The zero-order valence-electron chi connectivity index (χ0n) is 9.80. The fraction of sp³-hybridized carbons (Fsp3) is 0.417. The van der Waals surface area contributed by atoms with E-state index >= 15 is 0 Å². The molecule has 1 rings (SSSR count). The van der Waals surface area contributed by atoms with Crippen LogP contribution in [0.3, 0.4) is 0 Å². The minimum atomic E-state index is -0.158. The summed E-state index contributed by atoms with van der Waals surface area (Å²) in [6.45, 7) is 4.65. The van der Waals surface area contributed by atoms with Crippen molar-refractivity contribution in [2.24, 2.45) is 5.92 Å². The Hall–Kier alpha value is -0.930. The maximum absolute atomic E-state index is 11.4. The molecule has 0 saturated heterocycles. The number of benzene rings is 1. The zero-order chi connectivity index (χ0) is 12.8. The largest absolute Gasteiger partial charge is 0.484 e. The number of amides is 1. The van der Waals surface area contributed by atoms with Gasteiger partial charge in [0.2, 0.25) is 0 Å². The molecule has 1 aromatic carbocycles. The van der Waals surface area contributed by atoms with Gasteiger partial charge in [-0.25, -0.2) is 0 Å². The van der Waals surface area contributed by atoms with Crippen LogP contribution in [0.15, 0.2) is 18.2 Å². The summed E-state index contributed by atoms with van der Waals surface area (Å²) < 4.78 is 5.28. The summed E-state index contributed by atoms with van der Waals surface area (Å²) in [7, 11) is 0. The summed E-state index contributed by atoms with van der Waals surface area (Å²) >= 11 is 11.6. The highest BCUT2D eigenvalue weighted by Gasteiger charge is 2.04. The van der Waals surface area contributed by atoms with Gasteiger partial charge in [-0.3, -0.25) is 4.79 Å². The van der Waals surface area contributed by atoms with Crippen LogP contribution < -0.4 is 10.1 Å². The molecular weight excluding hydrogens is 261 g/mol. The lowest BCUT2D eigenvalue weighted by molar-refractivity contribution is -0.123. The Labute approximate surface area is 111 Å². The number of hydrogen-bond donors (Lipinski definition) is 1. The minimum absolute atomic E-state index is 0.0383. The van der Waals surface area contributed by atoms with Crippen molar-refractivity contribution in [3.8, 4) is 5.75 Å². The van der Waals surface area contributed by atoms with Crippen LogP contribution in [0.5, 0.6) is 5.75 Å². The van der Waals surface area contributed by atoms with E-state index in [1.165, 1.54) is 0 Å². The van der Waals surface area contributed by atoms with Crippen LogP contribution in [-0.2, 0) is 4.79 Å². The molecule has 0 saturated carbocycles. The molecule has 0 aliphatic carbocycles.